The number of nitrogens with zero attached hydrogens (tertiary/aromatic N) is 2. The van der Waals surface area contributed by atoms with E-state index in [1.165, 1.54) is 0 Å². The third-order valence-electron chi connectivity index (χ3n) is 3.32. The lowest BCUT2D eigenvalue weighted by molar-refractivity contribution is 0.319. The monoisotopic (exact) mass is 249 g/mol. The highest BCUT2D eigenvalue weighted by atomic mass is 35.5. The maximum Gasteiger partial charge on any atom is 0.0992 e. The van der Waals surface area contributed by atoms with Crippen LogP contribution in [0, 0.1) is 17.2 Å². The molecule has 3 nitrogen and oxygen atoms in total. The number of hydrogen-bond donors (Lipinski definition) is 1. The highest BCUT2D eigenvalue weighted by molar-refractivity contribution is 6.31. The Balaban J connectivity index is 2.07. The summed E-state index contributed by atoms with van der Waals surface area (Å²) in [6.45, 7) is 4.91. The summed E-state index contributed by atoms with van der Waals surface area (Å²) in [6.07, 6.45) is 0. The Morgan fingerprint density at radius 1 is 1.53 bits per heavy atom. The zero-order valence-electron chi connectivity index (χ0n) is 9.86. The lowest BCUT2D eigenvalue weighted by atomic mass is 10.1. The Labute approximate surface area is 107 Å². The van der Waals surface area contributed by atoms with Gasteiger partial charge in [-0.05, 0) is 23.6 Å². The summed E-state index contributed by atoms with van der Waals surface area (Å²) in [6, 6.07) is 7.79. The van der Waals surface area contributed by atoms with Crippen LogP contribution in [0.1, 0.15) is 18.1 Å². The fourth-order valence-corrected chi connectivity index (χ4v) is 2.45. The SMILES string of the molecule is CC1CN(Cc2ccc(C#N)cc2Cl)CC1N. The zero-order valence-corrected chi connectivity index (χ0v) is 10.6. The fourth-order valence-electron chi connectivity index (χ4n) is 2.21. The van der Waals surface area contributed by atoms with Crippen molar-refractivity contribution in [3.63, 3.8) is 0 Å². The molecule has 0 bridgehead atoms. The van der Waals surface area contributed by atoms with Crippen LogP contribution in [0.3, 0.4) is 0 Å². The van der Waals surface area contributed by atoms with E-state index in [9.17, 15) is 0 Å². The number of halogens is 1. The van der Waals surface area contributed by atoms with Crippen molar-refractivity contribution >= 4 is 11.6 Å². The van der Waals surface area contributed by atoms with E-state index >= 15 is 0 Å². The van der Waals surface area contributed by atoms with E-state index in [0.29, 0.717) is 16.5 Å². The van der Waals surface area contributed by atoms with Crippen LogP contribution in [0.5, 0.6) is 0 Å². The van der Waals surface area contributed by atoms with Gasteiger partial charge >= 0.3 is 0 Å². The molecule has 0 spiro atoms. The van der Waals surface area contributed by atoms with Gasteiger partial charge in [-0.25, -0.2) is 0 Å². The second-order valence-corrected chi connectivity index (χ2v) is 5.16. The average molecular weight is 250 g/mol. The molecule has 1 saturated heterocycles. The van der Waals surface area contributed by atoms with Gasteiger partial charge in [-0.3, -0.25) is 4.90 Å². The first-order valence-electron chi connectivity index (χ1n) is 5.76. The first kappa shape index (κ1) is 12.4. The van der Waals surface area contributed by atoms with Crippen LogP contribution < -0.4 is 5.73 Å². The third-order valence-corrected chi connectivity index (χ3v) is 3.67. The van der Waals surface area contributed by atoms with Gasteiger partial charge in [0.2, 0.25) is 0 Å². The number of likely N-dealkylation sites (tertiary alicyclic amines) is 1. The molecule has 1 aliphatic rings. The van der Waals surface area contributed by atoms with Crippen LogP contribution in [-0.2, 0) is 6.54 Å². The maximum atomic E-state index is 8.77. The normalized spacial score (nSPS) is 24.8. The molecule has 1 fully saturated rings. The standard InChI is InChI=1S/C13H16ClN3/c1-9-6-17(8-13(9)16)7-11-3-2-10(5-15)4-12(11)14/h2-4,9,13H,6-8,16H2,1H3. The van der Waals surface area contributed by atoms with E-state index in [1.54, 1.807) is 12.1 Å². The summed E-state index contributed by atoms with van der Waals surface area (Å²) in [5.41, 5.74) is 7.65. The van der Waals surface area contributed by atoms with Crippen molar-refractivity contribution in [1.82, 2.24) is 4.90 Å². The highest BCUT2D eigenvalue weighted by Crippen LogP contribution is 2.22. The molecule has 0 saturated carbocycles. The first-order chi connectivity index (χ1) is 8.10. The Morgan fingerprint density at radius 3 is 2.82 bits per heavy atom. The molecule has 1 heterocycles. The van der Waals surface area contributed by atoms with Crippen LogP contribution in [0.2, 0.25) is 5.02 Å². The number of benzene rings is 1. The quantitative estimate of drug-likeness (QED) is 0.872. The zero-order chi connectivity index (χ0) is 12.4. The van der Waals surface area contributed by atoms with E-state index in [4.69, 9.17) is 22.6 Å². The molecule has 4 heteroatoms. The van der Waals surface area contributed by atoms with Crippen molar-refractivity contribution in [3.05, 3.63) is 34.3 Å². The molecule has 1 aliphatic heterocycles. The molecule has 90 valence electrons. The van der Waals surface area contributed by atoms with Crippen LogP contribution >= 0.6 is 11.6 Å². The van der Waals surface area contributed by atoms with E-state index in [-0.39, 0.29) is 6.04 Å². The fraction of sp³-hybridized carbons (Fsp3) is 0.462. The second kappa shape index (κ2) is 5.05. The largest absolute Gasteiger partial charge is 0.326 e. The van der Waals surface area contributed by atoms with Crippen molar-refractivity contribution in [2.75, 3.05) is 13.1 Å². The average Bonchev–Trinajstić information content (AvgIpc) is 2.61. The third kappa shape index (κ3) is 2.78. The molecule has 2 N–H and O–H groups in total. The molecular formula is C13H16ClN3. The predicted octanol–water partition coefficient (Wildman–Crippen LogP) is 1.99. The van der Waals surface area contributed by atoms with E-state index in [0.717, 1.165) is 25.2 Å². The molecular weight excluding hydrogens is 234 g/mol. The van der Waals surface area contributed by atoms with Gasteiger partial charge in [0.1, 0.15) is 0 Å². The van der Waals surface area contributed by atoms with Crippen molar-refractivity contribution in [3.8, 4) is 6.07 Å². The summed E-state index contributed by atoms with van der Waals surface area (Å²) in [7, 11) is 0. The Morgan fingerprint density at radius 2 is 2.29 bits per heavy atom. The van der Waals surface area contributed by atoms with Gasteiger partial charge in [0.25, 0.3) is 0 Å². The van der Waals surface area contributed by atoms with Crippen molar-refractivity contribution in [2.24, 2.45) is 11.7 Å². The lowest BCUT2D eigenvalue weighted by Gasteiger charge is -2.16. The van der Waals surface area contributed by atoms with Crippen LogP contribution in [0.15, 0.2) is 18.2 Å². The lowest BCUT2D eigenvalue weighted by Crippen LogP contribution is -2.28. The van der Waals surface area contributed by atoms with Gasteiger partial charge in [-0.15, -0.1) is 0 Å². The second-order valence-electron chi connectivity index (χ2n) is 4.75. The number of hydrogen-bond acceptors (Lipinski definition) is 3. The van der Waals surface area contributed by atoms with Gasteiger partial charge in [-0.1, -0.05) is 24.6 Å². The molecule has 2 rings (SSSR count). The maximum absolute atomic E-state index is 8.77. The van der Waals surface area contributed by atoms with Crippen molar-refractivity contribution in [1.29, 1.82) is 5.26 Å². The summed E-state index contributed by atoms with van der Waals surface area (Å²) in [5, 5.41) is 9.44. The van der Waals surface area contributed by atoms with Gasteiger partial charge in [0.15, 0.2) is 0 Å². The predicted molar refractivity (Wildman–Crippen MR) is 68.6 cm³/mol. The van der Waals surface area contributed by atoms with Gasteiger partial charge in [0.05, 0.1) is 11.6 Å². The topological polar surface area (TPSA) is 53.0 Å². The van der Waals surface area contributed by atoms with Crippen LogP contribution in [0.4, 0.5) is 0 Å². The Bertz CT molecular complexity index is 442. The van der Waals surface area contributed by atoms with E-state index in [2.05, 4.69) is 17.9 Å². The van der Waals surface area contributed by atoms with Crippen LogP contribution in [-0.4, -0.2) is 24.0 Å². The molecule has 0 amide bonds. The summed E-state index contributed by atoms with van der Waals surface area (Å²) >= 11 is 6.15. The minimum absolute atomic E-state index is 0.257. The molecule has 1 aromatic rings. The summed E-state index contributed by atoms with van der Waals surface area (Å²) < 4.78 is 0. The first-order valence-corrected chi connectivity index (χ1v) is 6.14. The highest BCUT2D eigenvalue weighted by Gasteiger charge is 2.26. The molecule has 0 radical (unpaired) electrons. The van der Waals surface area contributed by atoms with Crippen LogP contribution in [0.25, 0.3) is 0 Å². The molecule has 0 aliphatic carbocycles. The van der Waals surface area contributed by atoms with Crippen molar-refractivity contribution in [2.45, 2.75) is 19.5 Å². The Kier molecular flexibility index (Phi) is 3.68. The van der Waals surface area contributed by atoms with Gasteiger partial charge in [0, 0.05) is 30.7 Å². The molecule has 2 unspecified atom stereocenters. The molecule has 17 heavy (non-hydrogen) atoms. The van der Waals surface area contributed by atoms with Gasteiger partial charge in [-0.2, -0.15) is 5.26 Å². The van der Waals surface area contributed by atoms with Gasteiger partial charge < -0.3 is 5.73 Å². The minimum atomic E-state index is 0.257. The van der Waals surface area contributed by atoms with Crippen molar-refractivity contribution < 1.29 is 0 Å². The summed E-state index contributed by atoms with van der Waals surface area (Å²) in [5.74, 6) is 0.534. The number of rotatable bonds is 2. The number of nitriles is 1. The Hall–Kier alpha value is -1.08. The minimum Gasteiger partial charge on any atom is -0.326 e. The van der Waals surface area contributed by atoms with E-state index < -0.39 is 0 Å². The molecule has 0 aromatic heterocycles. The number of nitrogens with two attached hydrogens (primary N) is 1. The smallest absolute Gasteiger partial charge is 0.0992 e. The molecule has 2 atom stereocenters. The van der Waals surface area contributed by atoms with E-state index in [1.807, 2.05) is 6.07 Å². The summed E-state index contributed by atoms with van der Waals surface area (Å²) in [4.78, 5) is 2.31. The molecule has 1 aromatic carbocycles.